The molecule has 3 aromatic rings. The number of unbranched alkanes of at least 4 members (excludes halogenated alkanes) is 2. The van der Waals surface area contributed by atoms with Crippen LogP contribution in [0.25, 0.3) is 22.3 Å². The topological polar surface area (TPSA) is 129 Å². The molecule has 0 heterocycles. The van der Waals surface area contributed by atoms with Crippen LogP contribution in [0.2, 0.25) is 0 Å². The number of esters is 3. The molecule has 0 unspecified atom stereocenters. The molecular weight excluding hydrogens is 812 g/mol. The maximum atomic E-state index is 16.4. The third-order valence-electron chi connectivity index (χ3n) is 12.3. The monoisotopic (exact) mass is 883 g/mol. The normalized spacial score (nSPS) is 15.0. The maximum absolute atomic E-state index is 16.4. The first kappa shape index (κ1) is 51.6. The molecule has 0 aliphatic heterocycles. The summed E-state index contributed by atoms with van der Waals surface area (Å²) in [7, 11) is 0. The summed E-state index contributed by atoms with van der Waals surface area (Å²) in [5.74, 6) is -0.217. The predicted octanol–water partition coefficient (Wildman–Crippen LogP) is 11.1. The number of ether oxygens (including phenoxy) is 4. The number of hydrogen-bond acceptors (Lipinski definition) is 9. The number of aryl methyl sites for hydroxylation is 3. The third-order valence-corrected chi connectivity index (χ3v) is 12.3. The number of hydrogen-bond donors (Lipinski definition) is 2. The SMILES string of the molecule is C=C(C)C(=O)OCCCc1cc(-c2cc(CC)c(-c3ccc(C4CCC(CCCCC)CC4)cc3F)cc2CCCOC(=O)C(=C)C)ccc1OCC(CO)(CO)COC(=O)C(=C)C. The molecule has 0 radical (unpaired) electrons. The van der Waals surface area contributed by atoms with Crippen molar-refractivity contribution >= 4 is 17.9 Å². The summed E-state index contributed by atoms with van der Waals surface area (Å²) < 4.78 is 38.9. The molecule has 348 valence electrons. The zero-order chi connectivity index (χ0) is 46.8. The molecule has 1 saturated carbocycles. The largest absolute Gasteiger partial charge is 0.492 e. The Balaban J connectivity index is 1.72. The van der Waals surface area contributed by atoms with Crippen LogP contribution < -0.4 is 4.74 Å². The van der Waals surface area contributed by atoms with Crippen LogP contribution in [-0.4, -0.2) is 67.8 Å². The Hall–Kier alpha value is -5.06. The van der Waals surface area contributed by atoms with E-state index in [0.29, 0.717) is 60.5 Å². The zero-order valence-corrected chi connectivity index (χ0v) is 39.0. The number of aliphatic hydroxyl groups excluding tert-OH is 2. The summed E-state index contributed by atoms with van der Waals surface area (Å²) in [5.41, 5.74) is 6.41. The van der Waals surface area contributed by atoms with Gasteiger partial charge in [0.1, 0.15) is 24.8 Å². The van der Waals surface area contributed by atoms with Gasteiger partial charge in [-0.25, -0.2) is 18.8 Å². The predicted molar refractivity (Wildman–Crippen MR) is 252 cm³/mol. The Morgan fingerprint density at radius 1 is 0.672 bits per heavy atom. The van der Waals surface area contributed by atoms with Gasteiger partial charge in [-0.05, 0) is 148 Å². The Labute approximate surface area is 380 Å². The van der Waals surface area contributed by atoms with E-state index in [1.165, 1.54) is 45.4 Å². The van der Waals surface area contributed by atoms with E-state index in [2.05, 4.69) is 51.8 Å². The Kier molecular flexibility index (Phi) is 20.5. The second-order valence-corrected chi connectivity index (χ2v) is 17.8. The summed E-state index contributed by atoms with van der Waals surface area (Å²) in [6, 6.07) is 15.7. The molecule has 1 aliphatic rings. The Morgan fingerprint density at radius 3 is 1.83 bits per heavy atom. The molecular formula is C54H71FO9. The number of benzene rings is 3. The van der Waals surface area contributed by atoms with Crippen LogP contribution >= 0.6 is 0 Å². The minimum atomic E-state index is -1.30. The molecule has 2 N–H and O–H groups in total. The van der Waals surface area contributed by atoms with Crippen LogP contribution in [0.15, 0.2) is 85.0 Å². The quantitative estimate of drug-likeness (QED) is 0.0350. The summed E-state index contributed by atoms with van der Waals surface area (Å²) >= 11 is 0. The van der Waals surface area contributed by atoms with E-state index >= 15 is 4.39 Å². The number of carbonyl (C=O) groups excluding carboxylic acids is 3. The zero-order valence-electron chi connectivity index (χ0n) is 39.0. The van der Waals surface area contributed by atoms with Crippen molar-refractivity contribution in [3.05, 3.63) is 113 Å². The number of aliphatic hydroxyl groups is 2. The lowest BCUT2D eigenvalue weighted by atomic mass is 9.76. The van der Waals surface area contributed by atoms with Gasteiger partial charge in [-0.15, -0.1) is 0 Å². The van der Waals surface area contributed by atoms with E-state index < -0.39 is 36.5 Å². The molecule has 10 heteroatoms. The lowest BCUT2D eigenvalue weighted by Crippen LogP contribution is -2.41. The van der Waals surface area contributed by atoms with Gasteiger partial charge in [0, 0.05) is 22.3 Å². The smallest absolute Gasteiger partial charge is 0.333 e. The van der Waals surface area contributed by atoms with Gasteiger partial charge in [0.25, 0.3) is 0 Å². The van der Waals surface area contributed by atoms with Crippen molar-refractivity contribution < 1.29 is 47.9 Å². The minimum absolute atomic E-state index is 0.136. The van der Waals surface area contributed by atoms with Crippen molar-refractivity contribution in [2.75, 3.05) is 39.6 Å². The molecule has 0 amide bonds. The van der Waals surface area contributed by atoms with Crippen LogP contribution in [0.1, 0.15) is 127 Å². The molecule has 1 fully saturated rings. The fourth-order valence-corrected chi connectivity index (χ4v) is 8.21. The van der Waals surface area contributed by atoms with Gasteiger partial charge in [0.05, 0.1) is 31.8 Å². The van der Waals surface area contributed by atoms with Crippen LogP contribution in [0.3, 0.4) is 0 Å². The van der Waals surface area contributed by atoms with Crippen molar-refractivity contribution in [3.63, 3.8) is 0 Å². The van der Waals surface area contributed by atoms with Gasteiger partial charge in [0.15, 0.2) is 0 Å². The fourth-order valence-electron chi connectivity index (χ4n) is 8.21. The molecule has 3 aromatic carbocycles. The van der Waals surface area contributed by atoms with Gasteiger partial charge < -0.3 is 29.2 Å². The number of rotatable bonds is 26. The van der Waals surface area contributed by atoms with Crippen LogP contribution in [0.4, 0.5) is 4.39 Å². The van der Waals surface area contributed by atoms with E-state index in [1.807, 2.05) is 24.3 Å². The van der Waals surface area contributed by atoms with E-state index in [0.717, 1.165) is 57.7 Å². The minimum Gasteiger partial charge on any atom is -0.492 e. The number of carbonyl (C=O) groups is 3. The first-order valence-corrected chi connectivity index (χ1v) is 23.1. The maximum Gasteiger partial charge on any atom is 0.333 e. The molecule has 0 atom stereocenters. The molecule has 9 nitrogen and oxygen atoms in total. The van der Waals surface area contributed by atoms with Crippen LogP contribution in [0.5, 0.6) is 5.75 Å². The first-order chi connectivity index (χ1) is 30.6. The summed E-state index contributed by atoms with van der Waals surface area (Å²) in [6.45, 7) is 18.8. The van der Waals surface area contributed by atoms with Crippen molar-refractivity contribution in [2.45, 2.75) is 124 Å². The standard InChI is InChI=1S/C54H71FO9/c1-9-11-12-15-39-18-20-41(21-19-39)42-22-24-46(49(55)31-42)48-30-43(16-13-26-61-51(58)36(3)4)47(29-40(48)10-2)44-23-25-50(45(28-44)17-14-27-62-52(59)37(5)6)63-34-54(32-56,33-57)35-64-53(60)38(7)8/h22-25,28-31,39,41,56-57H,3,5,7,9-21,26-27,32-35H2,1-2,4,6,8H3. The van der Waals surface area contributed by atoms with Gasteiger partial charge >= 0.3 is 17.9 Å². The summed E-state index contributed by atoms with van der Waals surface area (Å²) in [4.78, 5) is 36.6. The van der Waals surface area contributed by atoms with Crippen molar-refractivity contribution in [3.8, 4) is 28.0 Å². The average molecular weight is 883 g/mol. The van der Waals surface area contributed by atoms with E-state index in [9.17, 15) is 24.6 Å². The second kappa shape index (κ2) is 25.4. The van der Waals surface area contributed by atoms with E-state index in [4.69, 9.17) is 18.9 Å². The Bertz CT molecular complexity index is 2090. The molecule has 64 heavy (non-hydrogen) atoms. The molecule has 0 spiro atoms. The highest BCUT2D eigenvalue weighted by atomic mass is 19.1. The van der Waals surface area contributed by atoms with Gasteiger partial charge in [0.2, 0.25) is 0 Å². The first-order valence-electron chi connectivity index (χ1n) is 23.1. The summed E-state index contributed by atoms with van der Waals surface area (Å²) in [6.07, 6.45) is 12.2. The highest BCUT2D eigenvalue weighted by Gasteiger charge is 2.33. The van der Waals surface area contributed by atoms with Gasteiger partial charge in [-0.1, -0.05) is 89.6 Å². The second-order valence-electron chi connectivity index (χ2n) is 17.8. The van der Waals surface area contributed by atoms with Gasteiger partial charge in [-0.3, -0.25) is 0 Å². The molecule has 0 saturated heterocycles. The van der Waals surface area contributed by atoms with E-state index in [-0.39, 0.29) is 37.8 Å². The van der Waals surface area contributed by atoms with E-state index in [1.54, 1.807) is 19.9 Å². The number of halogens is 1. The highest BCUT2D eigenvalue weighted by molar-refractivity contribution is 5.87. The molecule has 0 aromatic heterocycles. The van der Waals surface area contributed by atoms with Crippen molar-refractivity contribution in [1.82, 2.24) is 0 Å². The third kappa shape index (κ3) is 14.7. The molecule has 0 bridgehead atoms. The molecule has 1 aliphatic carbocycles. The van der Waals surface area contributed by atoms with Crippen LogP contribution in [0, 0.1) is 17.2 Å². The lowest BCUT2D eigenvalue weighted by Gasteiger charge is -2.29. The highest BCUT2D eigenvalue weighted by Crippen LogP contribution is 2.41. The fraction of sp³-hybridized carbons (Fsp3) is 0.500. The van der Waals surface area contributed by atoms with Crippen molar-refractivity contribution in [1.29, 1.82) is 0 Å². The summed E-state index contributed by atoms with van der Waals surface area (Å²) in [5, 5.41) is 20.7. The van der Waals surface area contributed by atoms with Gasteiger partial charge in [-0.2, -0.15) is 0 Å². The Morgan fingerprint density at radius 2 is 1.27 bits per heavy atom. The average Bonchev–Trinajstić information content (AvgIpc) is 3.29. The lowest BCUT2D eigenvalue weighted by molar-refractivity contribution is -0.146. The molecule has 4 rings (SSSR count). The van der Waals surface area contributed by atoms with Crippen LogP contribution in [-0.2, 0) is 47.9 Å². The van der Waals surface area contributed by atoms with Crippen molar-refractivity contribution in [2.24, 2.45) is 11.3 Å².